The fraction of sp³-hybridized carbons (Fsp3) is 0.421. The molecule has 1 aliphatic rings. The molecular formula is C19H26N6O. The average Bonchev–Trinajstić information content (AvgIpc) is 2.68. The molecule has 7 heteroatoms. The first-order chi connectivity index (χ1) is 12.7. The minimum atomic E-state index is 0.0563. The standard InChI is InChI=1S/C19H26N6O/c20-17-5-3-16(4-6-17)15-18(26)21-9-2-10-24-11-13-25(14-12-24)19-22-7-1-8-23-19/h1,3-8H,2,9-15,20H2,(H,21,26). The normalized spacial score (nSPS) is 15.0. The molecular weight excluding hydrogens is 328 g/mol. The number of piperazine rings is 1. The predicted octanol–water partition coefficient (Wildman–Crippen LogP) is 0.930. The van der Waals surface area contributed by atoms with E-state index in [0.29, 0.717) is 18.7 Å². The Bertz CT molecular complexity index is 683. The molecule has 138 valence electrons. The Hall–Kier alpha value is -2.67. The molecule has 0 aliphatic carbocycles. The van der Waals surface area contributed by atoms with E-state index < -0.39 is 0 Å². The quantitative estimate of drug-likeness (QED) is 0.568. The van der Waals surface area contributed by atoms with E-state index in [2.05, 4.69) is 25.1 Å². The number of anilines is 2. The maximum atomic E-state index is 12.0. The maximum Gasteiger partial charge on any atom is 0.225 e. The molecule has 1 amide bonds. The van der Waals surface area contributed by atoms with Gasteiger partial charge in [0, 0.05) is 50.8 Å². The summed E-state index contributed by atoms with van der Waals surface area (Å²) in [5.41, 5.74) is 7.35. The van der Waals surface area contributed by atoms with Gasteiger partial charge in [-0.2, -0.15) is 0 Å². The van der Waals surface area contributed by atoms with E-state index >= 15 is 0 Å². The van der Waals surface area contributed by atoms with Gasteiger partial charge in [-0.1, -0.05) is 12.1 Å². The van der Waals surface area contributed by atoms with Crippen LogP contribution >= 0.6 is 0 Å². The third-order valence-electron chi connectivity index (χ3n) is 4.52. The highest BCUT2D eigenvalue weighted by Crippen LogP contribution is 2.10. The van der Waals surface area contributed by atoms with Crippen molar-refractivity contribution in [2.45, 2.75) is 12.8 Å². The zero-order valence-electron chi connectivity index (χ0n) is 15.0. The summed E-state index contributed by atoms with van der Waals surface area (Å²) in [6.07, 6.45) is 4.91. The number of carbonyl (C=O) groups excluding carboxylic acids is 1. The molecule has 1 aromatic heterocycles. The average molecular weight is 354 g/mol. The van der Waals surface area contributed by atoms with Gasteiger partial charge in [0.1, 0.15) is 0 Å². The predicted molar refractivity (Wildman–Crippen MR) is 103 cm³/mol. The fourth-order valence-electron chi connectivity index (χ4n) is 3.04. The Morgan fingerprint density at radius 3 is 2.46 bits per heavy atom. The van der Waals surface area contributed by atoms with Gasteiger partial charge in [-0.25, -0.2) is 9.97 Å². The molecule has 26 heavy (non-hydrogen) atoms. The topological polar surface area (TPSA) is 87.4 Å². The van der Waals surface area contributed by atoms with E-state index in [-0.39, 0.29) is 5.91 Å². The van der Waals surface area contributed by atoms with Gasteiger partial charge in [-0.3, -0.25) is 9.69 Å². The number of nitrogen functional groups attached to an aromatic ring is 1. The van der Waals surface area contributed by atoms with Crippen LogP contribution in [0.15, 0.2) is 42.7 Å². The van der Waals surface area contributed by atoms with Crippen LogP contribution in [0.2, 0.25) is 0 Å². The van der Waals surface area contributed by atoms with Crippen LogP contribution < -0.4 is 16.0 Å². The monoisotopic (exact) mass is 354 g/mol. The maximum absolute atomic E-state index is 12.0. The van der Waals surface area contributed by atoms with Crippen molar-refractivity contribution in [3.63, 3.8) is 0 Å². The van der Waals surface area contributed by atoms with Crippen molar-refractivity contribution >= 4 is 17.5 Å². The highest BCUT2D eigenvalue weighted by atomic mass is 16.1. The first-order valence-corrected chi connectivity index (χ1v) is 9.06. The Labute approximate surface area is 154 Å². The molecule has 7 nitrogen and oxygen atoms in total. The van der Waals surface area contributed by atoms with Crippen LogP contribution in [0.1, 0.15) is 12.0 Å². The largest absolute Gasteiger partial charge is 0.399 e. The Morgan fingerprint density at radius 1 is 1.08 bits per heavy atom. The summed E-state index contributed by atoms with van der Waals surface area (Å²) >= 11 is 0. The molecule has 0 bridgehead atoms. The van der Waals surface area contributed by atoms with Gasteiger partial charge < -0.3 is 16.0 Å². The van der Waals surface area contributed by atoms with Crippen molar-refractivity contribution in [2.75, 3.05) is 49.9 Å². The summed E-state index contributed by atoms with van der Waals surface area (Å²) in [5, 5.41) is 2.99. The van der Waals surface area contributed by atoms with Crippen LogP contribution in [0.4, 0.5) is 11.6 Å². The van der Waals surface area contributed by atoms with Crippen LogP contribution in [0.3, 0.4) is 0 Å². The summed E-state index contributed by atoms with van der Waals surface area (Å²) in [7, 11) is 0. The molecule has 0 saturated carbocycles. The van der Waals surface area contributed by atoms with E-state index in [1.165, 1.54) is 0 Å². The molecule has 0 spiro atoms. The molecule has 1 aromatic carbocycles. The number of hydrogen-bond donors (Lipinski definition) is 2. The number of rotatable bonds is 7. The number of nitrogens with one attached hydrogen (secondary N) is 1. The van der Waals surface area contributed by atoms with E-state index in [0.717, 1.165) is 50.7 Å². The number of benzene rings is 1. The van der Waals surface area contributed by atoms with Gasteiger partial charge in [0.05, 0.1) is 6.42 Å². The van der Waals surface area contributed by atoms with Gasteiger partial charge in [0.25, 0.3) is 0 Å². The fourth-order valence-corrected chi connectivity index (χ4v) is 3.04. The summed E-state index contributed by atoms with van der Waals surface area (Å²) in [6.45, 7) is 5.57. The lowest BCUT2D eigenvalue weighted by atomic mass is 10.1. The van der Waals surface area contributed by atoms with Gasteiger partial charge in [0.2, 0.25) is 11.9 Å². The molecule has 3 rings (SSSR count). The van der Waals surface area contributed by atoms with Crippen molar-refractivity contribution in [3.05, 3.63) is 48.3 Å². The van der Waals surface area contributed by atoms with Crippen molar-refractivity contribution in [3.8, 4) is 0 Å². The van der Waals surface area contributed by atoms with Crippen LogP contribution in [0, 0.1) is 0 Å². The minimum Gasteiger partial charge on any atom is -0.399 e. The Morgan fingerprint density at radius 2 is 1.77 bits per heavy atom. The number of amides is 1. The van der Waals surface area contributed by atoms with Gasteiger partial charge >= 0.3 is 0 Å². The molecule has 2 aromatic rings. The van der Waals surface area contributed by atoms with Crippen LogP contribution in [0.5, 0.6) is 0 Å². The Balaban J connectivity index is 1.30. The summed E-state index contributed by atoms with van der Waals surface area (Å²) < 4.78 is 0. The van der Waals surface area contributed by atoms with Crippen molar-refractivity contribution in [2.24, 2.45) is 0 Å². The summed E-state index contributed by atoms with van der Waals surface area (Å²) in [6, 6.07) is 9.27. The second-order valence-corrected chi connectivity index (χ2v) is 6.50. The van der Waals surface area contributed by atoms with E-state index in [1.54, 1.807) is 12.4 Å². The van der Waals surface area contributed by atoms with Crippen molar-refractivity contribution in [1.29, 1.82) is 0 Å². The lowest BCUT2D eigenvalue weighted by Crippen LogP contribution is -2.47. The minimum absolute atomic E-state index is 0.0563. The Kier molecular flexibility index (Phi) is 6.38. The third kappa shape index (κ3) is 5.42. The number of aromatic nitrogens is 2. The second-order valence-electron chi connectivity index (χ2n) is 6.50. The zero-order valence-corrected chi connectivity index (χ0v) is 15.0. The first kappa shape index (κ1) is 18.1. The van der Waals surface area contributed by atoms with Gasteiger partial charge in [-0.15, -0.1) is 0 Å². The summed E-state index contributed by atoms with van der Waals surface area (Å²) in [4.78, 5) is 25.2. The zero-order chi connectivity index (χ0) is 18.2. The second kappa shape index (κ2) is 9.15. The molecule has 0 radical (unpaired) electrons. The molecule has 0 unspecified atom stereocenters. The number of nitrogens with two attached hydrogens (primary N) is 1. The number of hydrogen-bond acceptors (Lipinski definition) is 6. The van der Waals surface area contributed by atoms with E-state index in [4.69, 9.17) is 5.73 Å². The SMILES string of the molecule is Nc1ccc(CC(=O)NCCCN2CCN(c3ncccn3)CC2)cc1. The molecule has 2 heterocycles. The summed E-state index contributed by atoms with van der Waals surface area (Å²) in [5.74, 6) is 0.864. The van der Waals surface area contributed by atoms with E-state index in [1.807, 2.05) is 30.3 Å². The van der Waals surface area contributed by atoms with Crippen molar-refractivity contribution in [1.82, 2.24) is 20.2 Å². The highest BCUT2D eigenvalue weighted by molar-refractivity contribution is 5.78. The molecule has 1 fully saturated rings. The van der Waals surface area contributed by atoms with Crippen molar-refractivity contribution < 1.29 is 4.79 Å². The first-order valence-electron chi connectivity index (χ1n) is 9.06. The molecule has 1 aliphatic heterocycles. The lowest BCUT2D eigenvalue weighted by Gasteiger charge is -2.34. The van der Waals surface area contributed by atoms with Gasteiger partial charge in [0.15, 0.2) is 0 Å². The molecule has 0 atom stereocenters. The number of carbonyl (C=O) groups is 1. The molecule has 3 N–H and O–H groups in total. The van der Waals surface area contributed by atoms with Gasteiger partial charge in [-0.05, 0) is 36.7 Å². The lowest BCUT2D eigenvalue weighted by molar-refractivity contribution is -0.120. The number of nitrogens with zero attached hydrogens (tertiary/aromatic N) is 4. The third-order valence-corrected chi connectivity index (χ3v) is 4.52. The smallest absolute Gasteiger partial charge is 0.225 e. The van der Waals surface area contributed by atoms with Crippen LogP contribution in [0.25, 0.3) is 0 Å². The van der Waals surface area contributed by atoms with Crippen LogP contribution in [-0.2, 0) is 11.2 Å². The highest BCUT2D eigenvalue weighted by Gasteiger charge is 2.18. The molecule has 1 saturated heterocycles. The van der Waals surface area contributed by atoms with Crippen LogP contribution in [-0.4, -0.2) is 60.0 Å². The van der Waals surface area contributed by atoms with E-state index in [9.17, 15) is 4.79 Å².